The van der Waals surface area contributed by atoms with Crippen LogP contribution in [0.1, 0.15) is 40.9 Å². The number of carbonyl (C=O) groups excluding carboxylic acids is 1. The first-order valence-corrected chi connectivity index (χ1v) is 8.76. The molecule has 1 amide bonds. The first kappa shape index (κ1) is 17.5. The summed E-state index contributed by atoms with van der Waals surface area (Å²) in [6, 6.07) is 3.77. The maximum absolute atomic E-state index is 12.2. The summed E-state index contributed by atoms with van der Waals surface area (Å²) in [5.74, 6) is 0.731. The van der Waals surface area contributed by atoms with Gasteiger partial charge in [-0.05, 0) is 45.1 Å². The van der Waals surface area contributed by atoms with Crippen LogP contribution in [0.5, 0.6) is 0 Å². The number of rotatable bonds is 7. The average Bonchev–Trinajstić information content (AvgIpc) is 2.81. The quantitative estimate of drug-likeness (QED) is 0.479. The lowest BCUT2D eigenvalue weighted by Crippen LogP contribution is -2.26. The summed E-state index contributed by atoms with van der Waals surface area (Å²) in [5.41, 5.74) is 3.40. The van der Waals surface area contributed by atoms with Crippen molar-refractivity contribution >= 4 is 17.7 Å². The Morgan fingerprint density at radius 3 is 2.65 bits per heavy atom. The van der Waals surface area contributed by atoms with Crippen molar-refractivity contribution in [2.75, 3.05) is 12.3 Å². The summed E-state index contributed by atoms with van der Waals surface area (Å²) in [4.78, 5) is 20.8. The molecule has 2 aromatic heterocycles. The van der Waals surface area contributed by atoms with Gasteiger partial charge in [-0.1, -0.05) is 18.7 Å². The predicted molar refractivity (Wildman–Crippen MR) is 91.8 cm³/mol. The molecule has 0 saturated heterocycles. The molecule has 0 aliphatic heterocycles. The third-order valence-electron chi connectivity index (χ3n) is 3.28. The number of thioether (sulfide) groups is 1. The second-order valence-corrected chi connectivity index (χ2v) is 6.60. The van der Waals surface area contributed by atoms with Crippen molar-refractivity contribution in [2.45, 2.75) is 45.8 Å². The summed E-state index contributed by atoms with van der Waals surface area (Å²) in [6.45, 7) is 9.32. The first-order valence-electron chi connectivity index (χ1n) is 7.77. The normalized spacial score (nSPS) is 10.8. The summed E-state index contributed by atoms with van der Waals surface area (Å²) in [6.07, 6.45) is 0.828. The fourth-order valence-corrected chi connectivity index (χ4v) is 2.90. The molecule has 0 aliphatic rings. The Kier molecular flexibility index (Phi) is 6.15. The lowest BCUT2D eigenvalue weighted by Gasteiger charge is -2.08. The Morgan fingerprint density at radius 2 is 2.00 bits per heavy atom. The number of carbonyl (C=O) groups is 1. The van der Waals surface area contributed by atoms with Crippen molar-refractivity contribution in [3.8, 4) is 0 Å². The van der Waals surface area contributed by atoms with Gasteiger partial charge in [-0.15, -0.1) is 0 Å². The molecule has 0 bridgehead atoms. The summed E-state index contributed by atoms with van der Waals surface area (Å²) in [7, 11) is 0. The molecule has 0 saturated carbocycles. The third-order valence-corrected chi connectivity index (χ3v) is 4.00. The Bertz CT molecular complexity index is 683. The Morgan fingerprint density at radius 1 is 1.22 bits per heavy atom. The molecular weight excluding hydrogens is 310 g/mol. The van der Waals surface area contributed by atoms with Gasteiger partial charge in [0, 0.05) is 24.5 Å². The largest absolute Gasteiger partial charge is 0.351 e. The highest BCUT2D eigenvalue weighted by Crippen LogP contribution is 2.13. The number of nitrogens with zero attached hydrogens (tertiary/aromatic N) is 4. The van der Waals surface area contributed by atoms with Gasteiger partial charge < -0.3 is 5.32 Å². The van der Waals surface area contributed by atoms with Crippen molar-refractivity contribution in [1.82, 2.24) is 25.1 Å². The molecule has 0 aromatic carbocycles. The third kappa shape index (κ3) is 5.06. The molecule has 6 nitrogen and oxygen atoms in total. The first-order chi connectivity index (χ1) is 11.0. The molecule has 0 atom stereocenters. The van der Waals surface area contributed by atoms with Crippen LogP contribution in [0.15, 0.2) is 17.3 Å². The molecule has 2 rings (SSSR count). The highest BCUT2D eigenvalue weighted by atomic mass is 32.2. The molecule has 1 N–H and O–H groups in total. The molecule has 124 valence electrons. The van der Waals surface area contributed by atoms with E-state index in [0.29, 0.717) is 17.4 Å². The molecule has 0 aliphatic carbocycles. The van der Waals surface area contributed by atoms with Crippen molar-refractivity contribution in [1.29, 1.82) is 0 Å². The van der Waals surface area contributed by atoms with Gasteiger partial charge in [0.1, 0.15) is 5.69 Å². The smallest absolute Gasteiger partial charge is 0.270 e. The van der Waals surface area contributed by atoms with Crippen LogP contribution in [0.3, 0.4) is 0 Å². The monoisotopic (exact) mass is 333 g/mol. The topological polar surface area (TPSA) is 72.7 Å². The SMILES string of the molecule is CCSc1nc(C)cc(C(=O)NCCCn2nc(C)cc2C)n1. The maximum atomic E-state index is 12.2. The van der Waals surface area contributed by atoms with E-state index in [1.807, 2.05) is 32.4 Å². The zero-order valence-corrected chi connectivity index (χ0v) is 14.9. The van der Waals surface area contributed by atoms with Crippen LogP contribution < -0.4 is 5.32 Å². The van der Waals surface area contributed by atoms with Crippen LogP contribution >= 0.6 is 11.8 Å². The average molecular weight is 333 g/mol. The van der Waals surface area contributed by atoms with E-state index < -0.39 is 0 Å². The Hall–Kier alpha value is -1.89. The van der Waals surface area contributed by atoms with E-state index in [1.165, 1.54) is 11.8 Å². The number of aromatic nitrogens is 4. The van der Waals surface area contributed by atoms with E-state index in [0.717, 1.165) is 35.8 Å². The van der Waals surface area contributed by atoms with Crippen LogP contribution in [0.4, 0.5) is 0 Å². The van der Waals surface area contributed by atoms with Crippen molar-refractivity contribution in [3.63, 3.8) is 0 Å². The van der Waals surface area contributed by atoms with Crippen molar-refractivity contribution < 1.29 is 4.79 Å². The van der Waals surface area contributed by atoms with Gasteiger partial charge in [0.05, 0.1) is 5.69 Å². The minimum absolute atomic E-state index is 0.151. The molecule has 2 aromatic rings. The van der Waals surface area contributed by atoms with Crippen LogP contribution in [0.2, 0.25) is 0 Å². The molecule has 7 heteroatoms. The highest BCUT2D eigenvalue weighted by Gasteiger charge is 2.10. The molecule has 0 fully saturated rings. The van der Waals surface area contributed by atoms with Crippen LogP contribution in [0.25, 0.3) is 0 Å². The van der Waals surface area contributed by atoms with Gasteiger partial charge in [-0.3, -0.25) is 9.48 Å². The number of aryl methyl sites for hydroxylation is 4. The number of hydrogen-bond acceptors (Lipinski definition) is 5. The summed E-state index contributed by atoms with van der Waals surface area (Å²) < 4.78 is 1.96. The minimum Gasteiger partial charge on any atom is -0.351 e. The predicted octanol–water partition coefficient (Wildman–Crippen LogP) is 2.53. The standard InChI is InChI=1S/C16H23N5OS/c1-5-23-16-18-11(2)10-14(19-16)15(22)17-7-6-8-21-13(4)9-12(3)20-21/h9-10H,5-8H2,1-4H3,(H,17,22). The number of hydrogen-bond donors (Lipinski definition) is 1. The highest BCUT2D eigenvalue weighted by molar-refractivity contribution is 7.99. The fraction of sp³-hybridized carbons (Fsp3) is 0.500. The van der Waals surface area contributed by atoms with Crippen LogP contribution in [0, 0.1) is 20.8 Å². The number of amides is 1. The second-order valence-electron chi connectivity index (χ2n) is 5.37. The van der Waals surface area contributed by atoms with Gasteiger partial charge in [-0.25, -0.2) is 9.97 Å². The Balaban J connectivity index is 1.86. The molecule has 0 unspecified atom stereocenters. The van der Waals surface area contributed by atoms with Gasteiger partial charge in [0.2, 0.25) is 0 Å². The van der Waals surface area contributed by atoms with Crippen LogP contribution in [-0.2, 0) is 6.54 Å². The number of nitrogens with one attached hydrogen (secondary N) is 1. The molecule has 23 heavy (non-hydrogen) atoms. The fourth-order valence-electron chi connectivity index (χ4n) is 2.27. The molecular formula is C16H23N5OS. The lowest BCUT2D eigenvalue weighted by molar-refractivity contribution is 0.0946. The minimum atomic E-state index is -0.151. The molecule has 2 heterocycles. The zero-order chi connectivity index (χ0) is 16.8. The van der Waals surface area contributed by atoms with E-state index in [9.17, 15) is 4.79 Å². The van der Waals surface area contributed by atoms with E-state index in [2.05, 4.69) is 26.4 Å². The van der Waals surface area contributed by atoms with E-state index in [1.54, 1.807) is 6.07 Å². The second kappa shape index (κ2) is 8.10. The van der Waals surface area contributed by atoms with Crippen molar-refractivity contribution in [3.05, 3.63) is 34.9 Å². The summed E-state index contributed by atoms with van der Waals surface area (Å²) in [5, 5.41) is 7.97. The van der Waals surface area contributed by atoms with Crippen LogP contribution in [-0.4, -0.2) is 38.0 Å². The summed E-state index contributed by atoms with van der Waals surface area (Å²) >= 11 is 1.54. The van der Waals surface area contributed by atoms with E-state index in [4.69, 9.17) is 0 Å². The lowest BCUT2D eigenvalue weighted by atomic mass is 10.3. The van der Waals surface area contributed by atoms with E-state index in [-0.39, 0.29) is 5.91 Å². The van der Waals surface area contributed by atoms with Gasteiger partial charge in [-0.2, -0.15) is 5.10 Å². The maximum Gasteiger partial charge on any atom is 0.270 e. The Labute approximate surface area is 141 Å². The van der Waals surface area contributed by atoms with Gasteiger partial charge in [0.15, 0.2) is 5.16 Å². The molecule has 0 radical (unpaired) electrons. The van der Waals surface area contributed by atoms with E-state index >= 15 is 0 Å². The van der Waals surface area contributed by atoms with Gasteiger partial charge in [0.25, 0.3) is 5.91 Å². The van der Waals surface area contributed by atoms with Crippen molar-refractivity contribution in [2.24, 2.45) is 0 Å². The molecule has 0 spiro atoms. The zero-order valence-electron chi connectivity index (χ0n) is 14.1. The van der Waals surface area contributed by atoms with Gasteiger partial charge >= 0.3 is 0 Å².